The van der Waals surface area contributed by atoms with Crippen molar-refractivity contribution in [3.63, 3.8) is 0 Å². The Kier molecular flexibility index (Phi) is 3.36. The lowest BCUT2D eigenvalue weighted by molar-refractivity contribution is 0.307. The number of benzene rings is 1. The van der Waals surface area contributed by atoms with Crippen LogP contribution in [0.2, 0.25) is 0 Å². The van der Waals surface area contributed by atoms with Crippen LogP contribution in [0.4, 0.5) is 0 Å². The monoisotopic (exact) mass is 256 g/mol. The van der Waals surface area contributed by atoms with Crippen LogP contribution >= 0.6 is 0 Å². The first kappa shape index (κ1) is 12.7. The summed E-state index contributed by atoms with van der Waals surface area (Å²) in [7, 11) is 2.14. The standard InChI is InChI=1S/C17H24N2/c1-12-7-8-15-14(11-19(2)17(15)9-12)10-13-5-3-4-6-16(13)18/h7-9,11,13,16H,3-6,10,18H2,1-2H3. The highest BCUT2D eigenvalue weighted by atomic mass is 14.9. The summed E-state index contributed by atoms with van der Waals surface area (Å²) in [6, 6.07) is 7.16. The second kappa shape index (κ2) is 5.01. The highest BCUT2D eigenvalue weighted by Gasteiger charge is 2.23. The van der Waals surface area contributed by atoms with E-state index in [1.165, 1.54) is 47.7 Å². The molecule has 0 aliphatic heterocycles. The van der Waals surface area contributed by atoms with Gasteiger partial charge in [0.2, 0.25) is 0 Å². The van der Waals surface area contributed by atoms with Crippen molar-refractivity contribution in [2.45, 2.75) is 45.1 Å². The van der Waals surface area contributed by atoms with Crippen molar-refractivity contribution in [2.24, 2.45) is 18.7 Å². The van der Waals surface area contributed by atoms with E-state index in [-0.39, 0.29) is 0 Å². The molecule has 0 amide bonds. The molecule has 2 N–H and O–H groups in total. The molecule has 0 saturated heterocycles. The molecule has 1 aromatic carbocycles. The van der Waals surface area contributed by atoms with Crippen LogP contribution in [0.15, 0.2) is 24.4 Å². The summed E-state index contributed by atoms with van der Waals surface area (Å²) >= 11 is 0. The zero-order chi connectivity index (χ0) is 13.4. The topological polar surface area (TPSA) is 30.9 Å². The molecule has 2 heteroatoms. The fourth-order valence-corrected chi connectivity index (χ4v) is 3.51. The molecule has 19 heavy (non-hydrogen) atoms. The summed E-state index contributed by atoms with van der Waals surface area (Å²) in [6.07, 6.45) is 8.60. The molecule has 3 rings (SSSR count). The smallest absolute Gasteiger partial charge is 0.0483 e. The quantitative estimate of drug-likeness (QED) is 0.875. The fourth-order valence-electron chi connectivity index (χ4n) is 3.51. The van der Waals surface area contributed by atoms with Crippen molar-refractivity contribution in [1.82, 2.24) is 4.57 Å². The number of nitrogens with zero attached hydrogens (tertiary/aromatic N) is 1. The first-order valence-corrected chi connectivity index (χ1v) is 7.45. The van der Waals surface area contributed by atoms with Gasteiger partial charge in [0.05, 0.1) is 0 Å². The third-order valence-corrected chi connectivity index (χ3v) is 4.68. The summed E-state index contributed by atoms with van der Waals surface area (Å²) in [4.78, 5) is 0. The van der Waals surface area contributed by atoms with Crippen molar-refractivity contribution >= 4 is 10.9 Å². The van der Waals surface area contributed by atoms with E-state index >= 15 is 0 Å². The fraction of sp³-hybridized carbons (Fsp3) is 0.529. The predicted molar refractivity (Wildman–Crippen MR) is 81.3 cm³/mol. The maximum atomic E-state index is 6.30. The van der Waals surface area contributed by atoms with Gasteiger partial charge in [-0.25, -0.2) is 0 Å². The minimum atomic E-state index is 0.398. The van der Waals surface area contributed by atoms with Gasteiger partial charge in [0, 0.05) is 30.2 Å². The highest BCUT2D eigenvalue weighted by Crippen LogP contribution is 2.30. The van der Waals surface area contributed by atoms with E-state index in [0.717, 1.165) is 6.42 Å². The molecule has 2 atom stereocenters. The Morgan fingerprint density at radius 3 is 2.84 bits per heavy atom. The zero-order valence-corrected chi connectivity index (χ0v) is 12.0. The molecule has 2 nitrogen and oxygen atoms in total. The van der Waals surface area contributed by atoms with Crippen molar-refractivity contribution in [2.75, 3.05) is 0 Å². The molecule has 0 radical (unpaired) electrons. The van der Waals surface area contributed by atoms with Gasteiger partial charge in [-0.2, -0.15) is 0 Å². The van der Waals surface area contributed by atoms with E-state index in [1.54, 1.807) is 0 Å². The molecule has 0 spiro atoms. The minimum Gasteiger partial charge on any atom is -0.350 e. The van der Waals surface area contributed by atoms with E-state index in [9.17, 15) is 0 Å². The molecule has 1 aliphatic rings. The first-order valence-electron chi connectivity index (χ1n) is 7.45. The number of fused-ring (bicyclic) bond motifs is 1. The Bertz CT molecular complexity index is 582. The average Bonchev–Trinajstić information content (AvgIpc) is 2.69. The van der Waals surface area contributed by atoms with Crippen LogP contribution < -0.4 is 5.73 Å². The molecular formula is C17H24N2. The molecule has 1 fully saturated rings. The lowest BCUT2D eigenvalue weighted by Gasteiger charge is -2.28. The number of aromatic nitrogens is 1. The Morgan fingerprint density at radius 1 is 1.26 bits per heavy atom. The highest BCUT2D eigenvalue weighted by molar-refractivity contribution is 5.84. The Hall–Kier alpha value is -1.28. The van der Waals surface area contributed by atoms with Gasteiger partial charge in [0.25, 0.3) is 0 Å². The largest absolute Gasteiger partial charge is 0.350 e. The molecule has 1 aliphatic carbocycles. The lowest BCUT2D eigenvalue weighted by Crippen LogP contribution is -2.34. The van der Waals surface area contributed by atoms with Crippen molar-refractivity contribution < 1.29 is 0 Å². The SMILES string of the molecule is Cc1ccc2c(CC3CCCCC3N)cn(C)c2c1. The maximum absolute atomic E-state index is 6.30. The molecule has 102 valence electrons. The van der Waals surface area contributed by atoms with E-state index in [2.05, 4.69) is 42.9 Å². The van der Waals surface area contributed by atoms with Crippen molar-refractivity contribution in [1.29, 1.82) is 0 Å². The van der Waals surface area contributed by atoms with Gasteiger partial charge in [-0.1, -0.05) is 25.0 Å². The number of aryl methyl sites for hydroxylation is 2. The summed E-state index contributed by atoms with van der Waals surface area (Å²) in [6.45, 7) is 2.16. The van der Waals surface area contributed by atoms with Gasteiger partial charge < -0.3 is 10.3 Å². The number of hydrogen-bond donors (Lipinski definition) is 1. The van der Waals surface area contributed by atoms with Gasteiger partial charge in [-0.3, -0.25) is 0 Å². The normalized spacial score (nSPS) is 23.9. The van der Waals surface area contributed by atoms with Crippen LogP contribution in [0.3, 0.4) is 0 Å². The summed E-state index contributed by atoms with van der Waals surface area (Å²) in [5.74, 6) is 0.667. The number of rotatable bonds is 2. The Morgan fingerprint density at radius 2 is 2.05 bits per heavy atom. The van der Waals surface area contributed by atoms with Gasteiger partial charge in [-0.05, 0) is 49.3 Å². The van der Waals surface area contributed by atoms with Crippen LogP contribution in [-0.2, 0) is 13.5 Å². The number of nitrogens with two attached hydrogens (primary N) is 1. The van der Waals surface area contributed by atoms with Gasteiger partial charge in [0.15, 0.2) is 0 Å². The van der Waals surface area contributed by atoms with Crippen LogP contribution in [0.25, 0.3) is 10.9 Å². The molecule has 2 aromatic rings. The molecule has 1 saturated carbocycles. The van der Waals surface area contributed by atoms with E-state index in [1.807, 2.05) is 0 Å². The predicted octanol–water partition coefficient (Wildman–Crippen LogP) is 3.55. The first-order chi connectivity index (χ1) is 9.15. The summed E-state index contributed by atoms with van der Waals surface area (Å²) < 4.78 is 2.26. The molecule has 0 bridgehead atoms. The Balaban J connectivity index is 1.92. The maximum Gasteiger partial charge on any atom is 0.0483 e. The van der Waals surface area contributed by atoms with Gasteiger partial charge >= 0.3 is 0 Å². The molecular weight excluding hydrogens is 232 g/mol. The van der Waals surface area contributed by atoms with E-state index < -0.39 is 0 Å². The lowest BCUT2D eigenvalue weighted by atomic mass is 9.81. The Labute approximate surface area is 115 Å². The number of hydrogen-bond acceptors (Lipinski definition) is 1. The second-order valence-corrected chi connectivity index (χ2v) is 6.20. The van der Waals surface area contributed by atoms with Crippen LogP contribution in [0.5, 0.6) is 0 Å². The van der Waals surface area contributed by atoms with Gasteiger partial charge in [0.1, 0.15) is 0 Å². The van der Waals surface area contributed by atoms with Crippen LogP contribution in [0.1, 0.15) is 36.8 Å². The van der Waals surface area contributed by atoms with Crippen LogP contribution in [-0.4, -0.2) is 10.6 Å². The van der Waals surface area contributed by atoms with Gasteiger partial charge in [-0.15, -0.1) is 0 Å². The third kappa shape index (κ3) is 2.42. The van der Waals surface area contributed by atoms with E-state index in [0.29, 0.717) is 12.0 Å². The summed E-state index contributed by atoms with van der Waals surface area (Å²) in [5, 5.41) is 1.41. The average molecular weight is 256 g/mol. The molecule has 2 unspecified atom stereocenters. The van der Waals surface area contributed by atoms with Crippen molar-refractivity contribution in [3.05, 3.63) is 35.5 Å². The minimum absolute atomic E-state index is 0.398. The van der Waals surface area contributed by atoms with E-state index in [4.69, 9.17) is 5.73 Å². The third-order valence-electron chi connectivity index (χ3n) is 4.68. The molecule has 1 aromatic heterocycles. The van der Waals surface area contributed by atoms with Crippen molar-refractivity contribution in [3.8, 4) is 0 Å². The van der Waals surface area contributed by atoms with Crippen LogP contribution in [0, 0.1) is 12.8 Å². The zero-order valence-electron chi connectivity index (χ0n) is 12.0. The molecule has 1 heterocycles. The second-order valence-electron chi connectivity index (χ2n) is 6.20. The summed E-state index contributed by atoms with van der Waals surface area (Å²) in [5.41, 5.74) is 10.4.